The summed E-state index contributed by atoms with van der Waals surface area (Å²) in [6.07, 6.45) is 5.90. The van der Waals surface area contributed by atoms with Crippen molar-refractivity contribution in [1.82, 2.24) is 14.9 Å². The summed E-state index contributed by atoms with van der Waals surface area (Å²) in [6.45, 7) is 3.43. The lowest BCUT2D eigenvalue weighted by Gasteiger charge is -2.35. The molecule has 1 amide bonds. The molecule has 1 aromatic carbocycles. The fraction of sp³-hybridized carbons (Fsp3) is 0.542. The number of hydrogen-bond acceptors (Lipinski definition) is 5. The zero-order valence-corrected chi connectivity index (χ0v) is 17.5. The third-order valence-electron chi connectivity index (χ3n) is 6.94. The van der Waals surface area contributed by atoms with Crippen molar-refractivity contribution in [3.63, 3.8) is 0 Å². The molecule has 0 unspecified atom stereocenters. The van der Waals surface area contributed by atoms with E-state index < -0.39 is 0 Å². The zero-order chi connectivity index (χ0) is 20.5. The minimum absolute atomic E-state index is 0.0992. The number of fused-ring (bicyclic) bond motifs is 1. The number of benzene rings is 1. The lowest BCUT2D eigenvalue weighted by atomic mass is 9.95. The molecule has 0 saturated carbocycles. The van der Waals surface area contributed by atoms with E-state index in [1.54, 1.807) is 0 Å². The number of aryl methyl sites for hydroxylation is 1. The summed E-state index contributed by atoms with van der Waals surface area (Å²) in [5.41, 5.74) is 3.57. The zero-order valence-electron chi connectivity index (χ0n) is 17.5. The molecule has 2 aliphatic heterocycles. The smallest absolute Gasteiger partial charge is 0.225 e. The Hall–Kier alpha value is -2.47. The summed E-state index contributed by atoms with van der Waals surface area (Å²) >= 11 is 0. The predicted octanol–water partition coefficient (Wildman–Crippen LogP) is 2.69. The highest BCUT2D eigenvalue weighted by Gasteiger charge is 2.34. The van der Waals surface area contributed by atoms with E-state index in [1.165, 1.54) is 11.3 Å². The van der Waals surface area contributed by atoms with Crippen molar-refractivity contribution in [2.45, 2.75) is 38.5 Å². The minimum atomic E-state index is 0.0992. The van der Waals surface area contributed by atoms with Gasteiger partial charge in [-0.05, 0) is 38.5 Å². The van der Waals surface area contributed by atoms with Crippen LogP contribution in [0.2, 0.25) is 0 Å². The molecule has 0 spiro atoms. The SMILES string of the molecule is O=C(C1CCN(c2nc(-c3ccccc3)nc3c2CCC3)CC1)N1CC[C@@H](CO)C1. The minimum Gasteiger partial charge on any atom is -0.396 e. The van der Waals surface area contributed by atoms with Crippen LogP contribution in [0.15, 0.2) is 30.3 Å². The van der Waals surface area contributed by atoms with Gasteiger partial charge in [0.15, 0.2) is 5.82 Å². The number of likely N-dealkylation sites (tertiary alicyclic amines) is 1. The normalized spacial score (nSPS) is 21.8. The predicted molar refractivity (Wildman–Crippen MR) is 116 cm³/mol. The number of aromatic nitrogens is 2. The van der Waals surface area contributed by atoms with Gasteiger partial charge in [-0.25, -0.2) is 9.97 Å². The molecule has 5 rings (SSSR count). The van der Waals surface area contributed by atoms with Crippen molar-refractivity contribution in [3.8, 4) is 11.4 Å². The largest absolute Gasteiger partial charge is 0.396 e. The number of aliphatic hydroxyl groups excluding tert-OH is 1. The second kappa shape index (κ2) is 8.34. The third-order valence-corrected chi connectivity index (χ3v) is 6.94. The summed E-state index contributed by atoms with van der Waals surface area (Å²) < 4.78 is 0. The van der Waals surface area contributed by atoms with Gasteiger partial charge in [-0.15, -0.1) is 0 Å². The highest BCUT2D eigenvalue weighted by molar-refractivity contribution is 5.79. The summed E-state index contributed by atoms with van der Waals surface area (Å²) in [4.78, 5) is 27.1. The fourth-order valence-corrected chi connectivity index (χ4v) is 5.17. The monoisotopic (exact) mass is 406 g/mol. The number of hydrogen-bond donors (Lipinski definition) is 1. The first kappa shape index (κ1) is 19.5. The number of amides is 1. The molecule has 0 bridgehead atoms. The van der Waals surface area contributed by atoms with E-state index in [-0.39, 0.29) is 24.3 Å². The van der Waals surface area contributed by atoms with Crippen molar-refractivity contribution >= 4 is 11.7 Å². The molecule has 0 radical (unpaired) electrons. The second-order valence-corrected chi connectivity index (χ2v) is 8.90. The summed E-state index contributed by atoms with van der Waals surface area (Å²) in [5.74, 6) is 2.54. The van der Waals surface area contributed by atoms with Crippen LogP contribution in [0.1, 0.15) is 36.9 Å². The van der Waals surface area contributed by atoms with E-state index in [1.807, 2.05) is 23.1 Å². The van der Waals surface area contributed by atoms with Crippen LogP contribution in [0.3, 0.4) is 0 Å². The highest BCUT2D eigenvalue weighted by atomic mass is 16.3. The molecule has 1 aromatic heterocycles. The van der Waals surface area contributed by atoms with Crippen LogP contribution in [0, 0.1) is 11.8 Å². The van der Waals surface area contributed by atoms with Gasteiger partial charge in [0.25, 0.3) is 0 Å². The molecule has 1 atom stereocenters. The van der Waals surface area contributed by atoms with E-state index in [2.05, 4.69) is 17.0 Å². The Bertz CT molecular complexity index is 909. The number of rotatable bonds is 4. The first-order valence-corrected chi connectivity index (χ1v) is 11.3. The van der Waals surface area contributed by atoms with Crippen LogP contribution in [0.25, 0.3) is 11.4 Å². The maximum Gasteiger partial charge on any atom is 0.225 e. The van der Waals surface area contributed by atoms with Crippen molar-refractivity contribution < 1.29 is 9.90 Å². The molecular weight excluding hydrogens is 376 g/mol. The molecule has 2 saturated heterocycles. The fourth-order valence-electron chi connectivity index (χ4n) is 5.17. The van der Waals surface area contributed by atoms with E-state index in [0.29, 0.717) is 0 Å². The quantitative estimate of drug-likeness (QED) is 0.845. The topological polar surface area (TPSA) is 69.6 Å². The Morgan fingerprint density at radius 1 is 1.03 bits per heavy atom. The van der Waals surface area contributed by atoms with Gasteiger partial charge in [-0.2, -0.15) is 0 Å². The average molecular weight is 407 g/mol. The van der Waals surface area contributed by atoms with E-state index in [4.69, 9.17) is 9.97 Å². The first-order chi connectivity index (χ1) is 14.7. The number of anilines is 1. The average Bonchev–Trinajstić information content (AvgIpc) is 3.48. The summed E-state index contributed by atoms with van der Waals surface area (Å²) in [5, 5.41) is 9.36. The van der Waals surface area contributed by atoms with E-state index >= 15 is 0 Å². The van der Waals surface area contributed by atoms with Crippen LogP contribution in [0.5, 0.6) is 0 Å². The van der Waals surface area contributed by atoms with Crippen LogP contribution < -0.4 is 4.90 Å². The molecule has 1 aliphatic carbocycles. The van der Waals surface area contributed by atoms with Crippen LogP contribution in [-0.4, -0.2) is 58.7 Å². The summed E-state index contributed by atoms with van der Waals surface area (Å²) in [7, 11) is 0. The highest BCUT2D eigenvalue weighted by Crippen LogP contribution is 2.34. The molecule has 158 valence electrons. The van der Waals surface area contributed by atoms with E-state index in [0.717, 1.165) is 81.9 Å². The van der Waals surface area contributed by atoms with Crippen molar-refractivity contribution in [2.24, 2.45) is 11.8 Å². The molecule has 30 heavy (non-hydrogen) atoms. The van der Waals surface area contributed by atoms with Gasteiger partial charge in [-0.1, -0.05) is 30.3 Å². The molecule has 2 aromatic rings. The van der Waals surface area contributed by atoms with Crippen LogP contribution in [0.4, 0.5) is 5.82 Å². The van der Waals surface area contributed by atoms with Gasteiger partial charge in [0.05, 0.1) is 0 Å². The van der Waals surface area contributed by atoms with Crippen LogP contribution in [-0.2, 0) is 17.6 Å². The lowest BCUT2D eigenvalue weighted by Crippen LogP contribution is -2.42. The molecule has 2 fully saturated rings. The van der Waals surface area contributed by atoms with Gasteiger partial charge < -0.3 is 14.9 Å². The Kier molecular flexibility index (Phi) is 5.42. The maximum atomic E-state index is 12.9. The van der Waals surface area contributed by atoms with Crippen molar-refractivity contribution in [1.29, 1.82) is 0 Å². The van der Waals surface area contributed by atoms with Gasteiger partial charge >= 0.3 is 0 Å². The van der Waals surface area contributed by atoms with Gasteiger partial charge in [0.1, 0.15) is 5.82 Å². The Morgan fingerprint density at radius 3 is 2.57 bits per heavy atom. The number of carbonyl (C=O) groups excluding carboxylic acids is 1. The van der Waals surface area contributed by atoms with E-state index in [9.17, 15) is 9.90 Å². The van der Waals surface area contributed by atoms with Crippen LogP contribution >= 0.6 is 0 Å². The Balaban J connectivity index is 1.32. The molecule has 1 N–H and O–H groups in total. The molecule has 6 heteroatoms. The van der Waals surface area contributed by atoms with Crippen molar-refractivity contribution in [3.05, 3.63) is 41.6 Å². The van der Waals surface area contributed by atoms with Gasteiger partial charge in [0.2, 0.25) is 5.91 Å². The Morgan fingerprint density at radius 2 is 1.83 bits per heavy atom. The lowest BCUT2D eigenvalue weighted by molar-refractivity contribution is -0.135. The van der Waals surface area contributed by atoms with Gasteiger partial charge in [0, 0.05) is 61.4 Å². The molecule has 3 aliphatic rings. The van der Waals surface area contributed by atoms with Crippen molar-refractivity contribution in [2.75, 3.05) is 37.7 Å². The molecule has 3 heterocycles. The number of aliphatic hydroxyl groups is 1. The standard InChI is InChI=1S/C24H30N4O2/c29-16-17-9-12-28(15-17)24(30)19-10-13-27(14-11-19)23-20-7-4-8-21(20)25-22(26-23)18-5-2-1-3-6-18/h1-3,5-6,17,19,29H,4,7-16H2/t17-/m1/s1. The second-order valence-electron chi connectivity index (χ2n) is 8.90. The third kappa shape index (κ3) is 3.69. The summed E-state index contributed by atoms with van der Waals surface area (Å²) in [6, 6.07) is 10.2. The first-order valence-electron chi connectivity index (χ1n) is 11.3. The number of piperidine rings is 1. The number of carbonyl (C=O) groups is 1. The number of nitrogens with zero attached hydrogens (tertiary/aromatic N) is 4. The van der Waals surface area contributed by atoms with Gasteiger partial charge in [-0.3, -0.25) is 4.79 Å². The Labute approximate surface area is 177 Å². The maximum absolute atomic E-state index is 12.9. The molecule has 6 nitrogen and oxygen atoms in total. The molecular formula is C24H30N4O2.